The van der Waals surface area contributed by atoms with Gasteiger partial charge in [0.1, 0.15) is 10.6 Å². The maximum absolute atomic E-state index is 12.8. The zero-order valence-corrected chi connectivity index (χ0v) is 17.6. The Balaban J connectivity index is 1.75. The Labute approximate surface area is 168 Å². The van der Waals surface area contributed by atoms with Gasteiger partial charge in [-0.2, -0.15) is 0 Å². The minimum atomic E-state index is -3.71. The molecular weight excluding hydrogens is 432 g/mol. The van der Waals surface area contributed by atoms with E-state index in [9.17, 15) is 8.42 Å². The number of halogens is 1. The summed E-state index contributed by atoms with van der Waals surface area (Å²) in [7, 11) is -2.25. The summed E-state index contributed by atoms with van der Waals surface area (Å²) in [5, 5.41) is 0. The molecule has 0 amide bonds. The van der Waals surface area contributed by atoms with Crippen LogP contribution in [0.4, 0.5) is 0 Å². The summed E-state index contributed by atoms with van der Waals surface area (Å²) >= 11 is 3.32. The fourth-order valence-corrected chi connectivity index (χ4v) is 4.71. The topological polar surface area (TPSA) is 67.9 Å². The van der Waals surface area contributed by atoms with Gasteiger partial charge in [-0.15, -0.1) is 0 Å². The first-order valence-corrected chi connectivity index (χ1v) is 11.0. The monoisotopic (exact) mass is 454 g/mol. The molecule has 0 spiro atoms. The third kappa shape index (κ3) is 5.30. The molecule has 0 aromatic heterocycles. The Morgan fingerprint density at radius 2 is 1.85 bits per heavy atom. The molecule has 0 aliphatic carbocycles. The summed E-state index contributed by atoms with van der Waals surface area (Å²) in [6.45, 7) is 4.24. The molecule has 1 fully saturated rings. The van der Waals surface area contributed by atoms with Crippen LogP contribution in [0.5, 0.6) is 5.75 Å². The highest BCUT2D eigenvalue weighted by Crippen LogP contribution is 2.27. The molecule has 0 unspecified atom stereocenters. The second-order valence-electron chi connectivity index (χ2n) is 6.28. The van der Waals surface area contributed by atoms with Crippen LogP contribution in [0.2, 0.25) is 0 Å². The van der Waals surface area contributed by atoms with Crippen molar-refractivity contribution in [3.63, 3.8) is 0 Å². The van der Waals surface area contributed by atoms with E-state index >= 15 is 0 Å². The van der Waals surface area contributed by atoms with Gasteiger partial charge in [0, 0.05) is 30.7 Å². The van der Waals surface area contributed by atoms with Crippen molar-refractivity contribution >= 4 is 26.0 Å². The first-order chi connectivity index (χ1) is 13.0. The fraction of sp³-hybridized carbons (Fsp3) is 0.368. The first kappa shape index (κ1) is 20.3. The molecule has 0 radical (unpaired) electrons. The van der Waals surface area contributed by atoms with Crippen molar-refractivity contribution in [3.8, 4) is 5.75 Å². The van der Waals surface area contributed by atoms with Gasteiger partial charge in [-0.1, -0.05) is 40.2 Å². The van der Waals surface area contributed by atoms with Crippen molar-refractivity contribution in [1.82, 2.24) is 9.62 Å². The van der Waals surface area contributed by atoms with E-state index in [0.717, 1.165) is 44.0 Å². The Morgan fingerprint density at radius 3 is 2.56 bits per heavy atom. The third-order valence-corrected chi connectivity index (χ3v) is 6.40. The highest BCUT2D eigenvalue weighted by Gasteiger charge is 2.20. The third-order valence-electron chi connectivity index (χ3n) is 4.48. The summed E-state index contributed by atoms with van der Waals surface area (Å²) in [4.78, 5) is 2.43. The number of hydrogen-bond acceptors (Lipinski definition) is 5. The Hall–Kier alpha value is -1.45. The average molecular weight is 455 g/mol. The van der Waals surface area contributed by atoms with Crippen molar-refractivity contribution in [1.29, 1.82) is 0 Å². The average Bonchev–Trinajstić information content (AvgIpc) is 2.68. The van der Waals surface area contributed by atoms with Crippen molar-refractivity contribution in [2.75, 3.05) is 33.4 Å². The van der Waals surface area contributed by atoms with Gasteiger partial charge in [-0.05, 0) is 29.3 Å². The predicted octanol–water partition coefficient (Wildman–Crippen LogP) is 2.77. The minimum absolute atomic E-state index is 0.116. The molecule has 2 aromatic carbocycles. The minimum Gasteiger partial charge on any atom is -0.495 e. The maximum atomic E-state index is 12.8. The lowest BCUT2D eigenvalue weighted by molar-refractivity contribution is 0.0341. The Bertz CT molecular complexity index is 883. The van der Waals surface area contributed by atoms with Gasteiger partial charge in [0.25, 0.3) is 0 Å². The van der Waals surface area contributed by atoms with Gasteiger partial charge >= 0.3 is 0 Å². The molecule has 1 aliphatic rings. The number of hydrogen-bond donors (Lipinski definition) is 1. The van der Waals surface area contributed by atoms with Gasteiger partial charge in [0.2, 0.25) is 10.0 Å². The van der Waals surface area contributed by atoms with Crippen LogP contribution in [0.25, 0.3) is 0 Å². The summed E-state index contributed by atoms with van der Waals surface area (Å²) in [6, 6.07) is 12.8. The fourth-order valence-electron chi connectivity index (χ4n) is 3.00. The van der Waals surface area contributed by atoms with Crippen LogP contribution in [0.3, 0.4) is 0 Å². The van der Waals surface area contributed by atoms with Crippen LogP contribution in [0.1, 0.15) is 11.1 Å². The number of benzene rings is 2. The van der Waals surface area contributed by atoms with E-state index in [-0.39, 0.29) is 11.4 Å². The summed E-state index contributed by atoms with van der Waals surface area (Å²) in [5.41, 5.74) is 2.07. The first-order valence-electron chi connectivity index (χ1n) is 8.70. The van der Waals surface area contributed by atoms with Crippen LogP contribution < -0.4 is 9.46 Å². The van der Waals surface area contributed by atoms with Gasteiger partial charge in [0.15, 0.2) is 0 Å². The lowest BCUT2D eigenvalue weighted by Crippen LogP contribution is -2.36. The number of rotatable bonds is 7. The number of methoxy groups -OCH3 is 1. The zero-order chi connectivity index (χ0) is 19.3. The molecule has 1 N–H and O–H groups in total. The van der Waals surface area contributed by atoms with Crippen LogP contribution in [0, 0.1) is 0 Å². The van der Waals surface area contributed by atoms with Crippen molar-refractivity contribution < 1.29 is 17.9 Å². The highest BCUT2D eigenvalue weighted by atomic mass is 79.9. The number of ether oxygens (including phenoxy) is 2. The molecular formula is C19H23BrN2O4S. The van der Waals surface area contributed by atoms with E-state index in [2.05, 4.69) is 25.6 Å². The number of nitrogens with one attached hydrogen (secondary N) is 1. The SMILES string of the molecule is COc1ccc(Br)cc1S(=O)(=O)NCc1ccccc1CN1CCOCC1. The standard InChI is InChI=1S/C19H23BrN2O4S/c1-25-18-7-6-17(20)12-19(18)27(23,24)21-13-15-4-2-3-5-16(15)14-22-8-10-26-11-9-22/h2-7,12,21H,8-11,13-14H2,1H3. The molecule has 0 bridgehead atoms. The smallest absolute Gasteiger partial charge is 0.244 e. The van der Waals surface area contributed by atoms with E-state index in [4.69, 9.17) is 9.47 Å². The van der Waals surface area contributed by atoms with Crippen LogP contribution in [-0.2, 0) is 27.8 Å². The van der Waals surface area contributed by atoms with E-state index in [1.54, 1.807) is 18.2 Å². The summed E-state index contributed by atoms with van der Waals surface area (Å²) in [5.74, 6) is 0.312. The summed E-state index contributed by atoms with van der Waals surface area (Å²) in [6.07, 6.45) is 0. The largest absolute Gasteiger partial charge is 0.495 e. The Morgan fingerprint density at radius 1 is 1.15 bits per heavy atom. The molecule has 1 aliphatic heterocycles. The van der Waals surface area contributed by atoms with E-state index in [1.165, 1.54) is 7.11 Å². The number of morpholine rings is 1. The van der Waals surface area contributed by atoms with E-state index < -0.39 is 10.0 Å². The predicted molar refractivity (Wildman–Crippen MR) is 107 cm³/mol. The lowest BCUT2D eigenvalue weighted by Gasteiger charge is -2.27. The molecule has 0 atom stereocenters. The number of nitrogens with zero attached hydrogens (tertiary/aromatic N) is 1. The summed E-state index contributed by atoms with van der Waals surface area (Å²) < 4.78 is 39.6. The van der Waals surface area contributed by atoms with Gasteiger partial charge in [0.05, 0.1) is 20.3 Å². The van der Waals surface area contributed by atoms with E-state index in [0.29, 0.717) is 10.2 Å². The second kappa shape index (κ2) is 9.16. The van der Waals surface area contributed by atoms with Gasteiger partial charge in [-0.3, -0.25) is 4.90 Å². The van der Waals surface area contributed by atoms with Crippen LogP contribution in [-0.4, -0.2) is 46.7 Å². The molecule has 2 aromatic rings. The molecule has 6 nitrogen and oxygen atoms in total. The molecule has 1 saturated heterocycles. The number of sulfonamides is 1. The van der Waals surface area contributed by atoms with Crippen molar-refractivity contribution in [3.05, 3.63) is 58.1 Å². The van der Waals surface area contributed by atoms with E-state index in [1.807, 2.05) is 24.3 Å². The molecule has 146 valence electrons. The zero-order valence-electron chi connectivity index (χ0n) is 15.2. The quantitative estimate of drug-likeness (QED) is 0.696. The maximum Gasteiger partial charge on any atom is 0.244 e. The highest BCUT2D eigenvalue weighted by molar-refractivity contribution is 9.10. The van der Waals surface area contributed by atoms with Gasteiger partial charge < -0.3 is 9.47 Å². The molecule has 1 heterocycles. The molecule has 8 heteroatoms. The van der Waals surface area contributed by atoms with Crippen molar-refractivity contribution in [2.45, 2.75) is 18.0 Å². The lowest BCUT2D eigenvalue weighted by atomic mass is 10.1. The second-order valence-corrected chi connectivity index (χ2v) is 8.93. The van der Waals surface area contributed by atoms with Gasteiger partial charge in [-0.25, -0.2) is 13.1 Å². The molecule has 27 heavy (non-hydrogen) atoms. The molecule has 0 saturated carbocycles. The normalized spacial score (nSPS) is 15.6. The molecule has 3 rings (SSSR count). The van der Waals surface area contributed by atoms with Crippen LogP contribution in [0.15, 0.2) is 51.8 Å². The Kier molecular flexibility index (Phi) is 6.88. The van der Waals surface area contributed by atoms with Crippen molar-refractivity contribution in [2.24, 2.45) is 0 Å². The van der Waals surface area contributed by atoms with Crippen LogP contribution >= 0.6 is 15.9 Å².